The highest BCUT2D eigenvalue weighted by molar-refractivity contribution is 7.09. The lowest BCUT2D eigenvalue weighted by atomic mass is 10.0. The van der Waals surface area contributed by atoms with Crippen molar-refractivity contribution in [2.75, 3.05) is 6.54 Å². The van der Waals surface area contributed by atoms with E-state index in [0.29, 0.717) is 25.3 Å². The minimum absolute atomic E-state index is 0.00181. The van der Waals surface area contributed by atoms with Crippen LogP contribution in [0.1, 0.15) is 50.7 Å². The number of nitrogens with zero attached hydrogens (tertiary/aromatic N) is 1. The van der Waals surface area contributed by atoms with Crippen molar-refractivity contribution in [1.82, 2.24) is 10.3 Å². The molecule has 1 amide bonds. The van der Waals surface area contributed by atoms with E-state index >= 15 is 0 Å². The molecule has 19 heavy (non-hydrogen) atoms. The van der Waals surface area contributed by atoms with E-state index in [-0.39, 0.29) is 17.9 Å². The quantitative estimate of drug-likeness (QED) is 0.808. The van der Waals surface area contributed by atoms with E-state index < -0.39 is 0 Å². The van der Waals surface area contributed by atoms with Gasteiger partial charge in [-0.25, -0.2) is 4.98 Å². The Morgan fingerprint density at radius 2 is 2.11 bits per heavy atom. The minimum Gasteiger partial charge on any atom is -0.393 e. The fraction of sp³-hybridized carbons (Fsp3) is 0.714. The highest BCUT2D eigenvalue weighted by Crippen LogP contribution is 2.19. The van der Waals surface area contributed by atoms with E-state index in [9.17, 15) is 9.90 Å². The average molecular weight is 284 g/mol. The third kappa shape index (κ3) is 6.16. The molecule has 0 saturated heterocycles. The Balaban J connectivity index is 2.34. The third-order valence-electron chi connectivity index (χ3n) is 2.80. The summed E-state index contributed by atoms with van der Waals surface area (Å²) in [5.74, 6) is 0.691. The molecule has 0 fully saturated rings. The predicted octanol–water partition coefficient (Wildman–Crippen LogP) is 2.33. The first-order valence-corrected chi connectivity index (χ1v) is 7.65. The molecule has 0 radical (unpaired) electrons. The molecule has 1 heterocycles. The zero-order valence-corrected chi connectivity index (χ0v) is 13.0. The van der Waals surface area contributed by atoms with Gasteiger partial charge in [0.1, 0.15) is 0 Å². The van der Waals surface area contributed by atoms with Crippen LogP contribution < -0.4 is 5.32 Å². The van der Waals surface area contributed by atoms with Gasteiger partial charge in [0.15, 0.2) is 0 Å². The number of amides is 1. The van der Waals surface area contributed by atoms with Crippen LogP contribution in [0.2, 0.25) is 0 Å². The Kier molecular flexibility index (Phi) is 6.45. The van der Waals surface area contributed by atoms with Crippen LogP contribution in [-0.4, -0.2) is 28.6 Å². The van der Waals surface area contributed by atoms with Crippen molar-refractivity contribution in [2.24, 2.45) is 5.92 Å². The van der Waals surface area contributed by atoms with Gasteiger partial charge in [0, 0.05) is 17.8 Å². The molecular weight excluding hydrogens is 260 g/mol. The van der Waals surface area contributed by atoms with Gasteiger partial charge in [0.05, 0.1) is 23.2 Å². The van der Waals surface area contributed by atoms with Gasteiger partial charge in [0.2, 0.25) is 5.91 Å². The van der Waals surface area contributed by atoms with Crippen molar-refractivity contribution in [3.63, 3.8) is 0 Å². The number of hydrogen-bond donors (Lipinski definition) is 2. The molecule has 1 aromatic heterocycles. The number of rotatable bonds is 7. The van der Waals surface area contributed by atoms with Crippen LogP contribution in [0, 0.1) is 5.92 Å². The molecule has 1 rings (SSSR count). The van der Waals surface area contributed by atoms with Gasteiger partial charge in [-0.3, -0.25) is 4.79 Å². The Bertz CT molecular complexity index is 402. The van der Waals surface area contributed by atoms with E-state index in [1.165, 1.54) is 0 Å². The van der Waals surface area contributed by atoms with Crippen LogP contribution in [0.4, 0.5) is 0 Å². The van der Waals surface area contributed by atoms with Crippen molar-refractivity contribution in [3.8, 4) is 0 Å². The number of thiazole rings is 1. The first kappa shape index (κ1) is 16.1. The lowest BCUT2D eigenvalue weighted by Crippen LogP contribution is -2.30. The second-order valence-electron chi connectivity index (χ2n) is 5.50. The maximum Gasteiger partial charge on any atom is 0.226 e. The van der Waals surface area contributed by atoms with E-state index in [0.717, 1.165) is 10.7 Å². The summed E-state index contributed by atoms with van der Waals surface area (Å²) in [6, 6.07) is 0. The molecule has 0 bridgehead atoms. The van der Waals surface area contributed by atoms with Crippen LogP contribution in [0.15, 0.2) is 5.38 Å². The van der Waals surface area contributed by atoms with Crippen LogP contribution >= 0.6 is 11.3 Å². The van der Waals surface area contributed by atoms with Crippen molar-refractivity contribution >= 4 is 17.2 Å². The minimum atomic E-state index is -0.320. The summed E-state index contributed by atoms with van der Waals surface area (Å²) in [6.45, 7) is 8.58. The Morgan fingerprint density at radius 3 is 2.63 bits per heavy atom. The standard InChI is InChI=1S/C14H24N2O2S/c1-9(2)14-16-12(8-19-14)6-13(18)15-7-10(3)5-11(4)17/h8-11,17H,5-7H2,1-4H3,(H,15,18). The first-order valence-electron chi connectivity index (χ1n) is 6.77. The lowest BCUT2D eigenvalue weighted by molar-refractivity contribution is -0.120. The molecule has 2 unspecified atom stereocenters. The van der Waals surface area contributed by atoms with Gasteiger partial charge < -0.3 is 10.4 Å². The number of aromatic nitrogens is 1. The molecular formula is C14H24N2O2S. The highest BCUT2D eigenvalue weighted by Gasteiger charge is 2.11. The van der Waals surface area contributed by atoms with Gasteiger partial charge >= 0.3 is 0 Å². The van der Waals surface area contributed by atoms with Crippen LogP contribution in [0.5, 0.6) is 0 Å². The predicted molar refractivity (Wildman–Crippen MR) is 78.4 cm³/mol. The summed E-state index contributed by atoms with van der Waals surface area (Å²) in [5, 5.41) is 15.2. The molecule has 4 nitrogen and oxygen atoms in total. The van der Waals surface area contributed by atoms with Crippen molar-refractivity contribution in [2.45, 2.75) is 52.6 Å². The molecule has 2 atom stereocenters. The third-order valence-corrected chi connectivity index (χ3v) is 3.99. The monoisotopic (exact) mass is 284 g/mol. The maximum atomic E-state index is 11.8. The number of aliphatic hydroxyl groups excluding tert-OH is 1. The van der Waals surface area contributed by atoms with Crippen LogP contribution in [0.25, 0.3) is 0 Å². The van der Waals surface area contributed by atoms with E-state index in [1.807, 2.05) is 12.3 Å². The fourth-order valence-electron chi connectivity index (χ4n) is 1.85. The summed E-state index contributed by atoms with van der Waals surface area (Å²) >= 11 is 1.61. The topological polar surface area (TPSA) is 62.2 Å². The molecule has 0 aliphatic carbocycles. The molecule has 0 saturated carbocycles. The molecule has 0 aliphatic rings. The van der Waals surface area contributed by atoms with E-state index in [2.05, 4.69) is 24.1 Å². The van der Waals surface area contributed by atoms with Crippen LogP contribution in [0.3, 0.4) is 0 Å². The van der Waals surface area contributed by atoms with Gasteiger partial charge in [-0.15, -0.1) is 11.3 Å². The number of nitrogens with one attached hydrogen (secondary N) is 1. The van der Waals surface area contributed by atoms with E-state index in [1.54, 1.807) is 18.3 Å². The van der Waals surface area contributed by atoms with Gasteiger partial charge in [0.25, 0.3) is 0 Å². The highest BCUT2D eigenvalue weighted by atomic mass is 32.1. The maximum absolute atomic E-state index is 11.8. The summed E-state index contributed by atoms with van der Waals surface area (Å²) in [5.41, 5.74) is 0.842. The molecule has 5 heteroatoms. The number of aliphatic hydroxyl groups is 1. The largest absolute Gasteiger partial charge is 0.393 e. The Labute approximate surface area is 119 Å². The SMILES string of the molecule is CC(O)CC(C)CNC(=O)Cc1csc(C(C)C)n1. The zero-order valence-electron chi connectivity index (χ0n) is 12.1. The summed E-state index contributed by atoms with van der Waals surface area (Å²) < 4.78 is 0. The summed E-state index contributed by atoms with van der Waals surface area (Å²) in [6.07, 6.45) is 0.720. The normalized spacial score (nSPS) is 14.4. The van der Waals surface area contributed by atoms with Crippen molar-refractivity contribution in [1.29, 1.82) is 0 Å². The first-order chi connectivity index (χ1) is 8.88. The number of carbonyl (C=O) groups excluding carboxylic acids is 1. The fourth-order valence-corrected chi connectivity index (χ4v) is 2.68. The molecule has 0 spiro atoms. The van der Waals surface area contributed by atoms with Gasteiger partial charge in [-0.2, -0.15) is 0 Å². The second kappa shape index (κ2) is 7.60. The van der Waals surface area contributed by atoms with Crippen LogP contribution in [-0.2, 0) is 11.2 Å². The van der Waals surface area contributed by atoms with Gasteiger partial charge in [-0.05, 0) is 19.3 Å². The molecule has 2 N–H and O–H groups in total. The smallest absolute Gasteiger partial charge is 0.226 e. The van der Waals surface area contributed by atoms with Crippen molar-refractivity contribution < 1.29 is 9.90 Å². The Hall–Kier alpha value is -0.940. The molecule has 108 valence electrons. The summed E-state index contributed by atoms with van der Waals surface area (Å²) in [7, 11) is 0. The number of carbonyl (C=O) groups is 1. The molecule has 0 aliphatic heterocycles. The number of hydrogen-bond acceptors (Lipinski definition) is 4. The molecule has 1 aromatic rings. The van der Waals surface area contributed by atoms with Crippen molar-refractivity contribution in [3.05, 3.63) is 16.1 Å². The molecule has 0 aromatic carbocycles. The Morgan fingerprint density at radius 1 is 1.42 bits per heavy atom. The second-order valence-corrected chi connectivity index (χ2v) is 6.39. The van der Waals surface area contributed by atoms with Gasteiger partial charge in [-0.1, -0.05) is 20.8 Å². The summed E-state index contributed by atoms with van der Waals surface area (Å²) in [4.78, 5) is 16.2. The zero-order chi connectivity index (χ0) is 14.4. The average Bonchev–Trinajstić information content (AvgIpc) is 2.74. The van der Waals surface area contributed by atoms with E-state index in [4.69, 9.17) is 0 Å². The lowest BCUT2D eigenvalue weighted by Gasteiger charge is -2.13.